The summed E-state index contributed by atoms with van der Waals surface area (Å²) in [6.45, 7) is 1.68. The monoisotopic (exact) mass is 391 g/mol. The number of anilines is 2. The first-order chi connectivity index (χ1) is 14.1. The van der Waals surface area contributed by atoms with E-state index >= 15 is 0 Å². The summed E-state index contributed by atoms with van der Waals surface area (Å²) in [6.07, 6.45) is 1.89. The van der Waals surface area contributed by atoms with Gasteiger partial charge in [0, 0.05) is 28.9 Å². The fourth-order valence-electron chi connectivity index (χ4n) is 2.81. The molecule has 1 aromatic heterocycles. The van der Waals surface area contributed by atoms with Crippen molar-refractivity contribution in [2.75, 3.05) is 17.2 Å². The second kappa shape index (κ2) is 8.14. The molecule has 148 valence electrons. The topological polar surface area (TPSA) is 109 Å². The second-order valence-corrected chi connectivity index (χ2v) is 6.95. The molecule has 8 heteroatoms. The first kappa shape index (κ1) is 18.7. The highest BCUT2D eigenvalue weighted by molar-refractivity contribution is 5.94. The Morgan fingerprint density at radius 2 is 1.86 bits per heavy atom. The molecule has 0 spiro atoms. The van der Waals surface area contributed by atoms with E-state index in [0.29, 0.717) is 22.9 Å². The van der Waals surface area contributed by atoms with Crippen molar-refractivity contribution in [2.45, 2.75) is 19.8 Å². The summed E-state index contributed by atoms with van der Waals surface area (Å²) < 4.78 is 5.56. The summed E-state index contributed by atoms with van der Waals surface area (Å²) in [6, 6.07) is 14.3. The van der Waals surface area contributed by atoms with E-state index in [1.807, 2.05) is 19.1 Å². The maximum absolute atomic E-state index is 12.3. The summed E-state index contributed by atoms with van der Waals surface area (Å²) in [7, 11) is 0. The zero-order chi connectivity index (χ0) is 20.2. The van der Waals surface area contributed by atoms with E-state index < -0.39 is 0 Å². The number of benzene rings is 2. The van der Waals surface area contributed by atoms with Gasteiger partial charge in [0.15, 0.2) is 12.4 Å². The van der Waals surface area contributed by atoms with Gasteiger partial charge in [-0.1, -0.05) is 18.2 Å². The number of hydrogen-bond donors (Lipinski definition) is 3. The second-order valence-electron chi connectivity index (χ2n) is 6.95. The quantitative estimate of drug-likeness (QED) is 0.573. The number of nitrogens with zero attached hydrogens (tertiary/aromatic N) is 2. The Kier molecular flexibility index (Phi) is 5.24. The number of aryl methyl sites for hydroxylation is 1. The zero-order valence-corrected chi connectivity index (χ0v) is 15.9. The van der Waals surface area contributed by atoms with E-state index in [-0.39, 0.29) is 24.3 Å². The summed E-state index contributed by atoms with van der Waals surface area (Å²) in [5.41, 5.74) is 2.09. The van der Waals surface area contributed by atoms with Gasteiger partial charge in [0.25, 0.3) is 5.91 Å². The van der Waals surface area contributed by atoms with Crippen LogP contribution in [0.1, 0.15) is 18.7 Å². The van der Waals surface area contributed by atoms with Crippen LogP contribution in [-0.4, -0.2) is 33.6 Å². The molecular weight excluding hydrogens is 370 g/mol. The molecule has 1 saturated carbocycles. The highest BCUT2D eigenvalue weighted by Crippen LogP contribution is 2.30. The SMILES string of the molecule is Cc1nc(-c2cccc(NC(=O)COc3cccc(NC(=O)C4CC4)c3)c2)n[nH]1. The normalized spacial score (nSPS) is 13.0. The van der Waals surface area contributed by atoms with E-state index in [2.05, 4.69) is 25.8 Å². The fourth-order valence-corrected chi connectivity index (χ4v) is 2.81. The van der Waals surface area contributed by atoms with Gasteiger partial charge in [0.1, 0.15) is 11.6 Å². The van der Waals surface area contributed by atoms with Crippen LogP contribution < -0.4 is 15.4 Å². The van der Waals surface area contributed by atoms with Crippen molar-refractivity contribution in [1.82, 2.24) is 15.2 Å². The number of H-pyrrole nitrogens is 1. The van der Waals surface area contributed by atoms with E-state index in [0.717, 1.165) is 24.2 Å². The molecule has 1 aliphatic rings. The highest BCUT2D eigenvalue weighted by Gasteiger charge is 2.29. The van der Waals surface area contributed by atoms with Gasteiger partial charge in [0.2, 0.25) is 5.91 Å². The van der Waals surface area contributed by atoms with E-state index in [9.17, 15) is 9.59 Å². The number of aromatic amines is 1. The van der Waals surface area contributed by atoms with Crippen molar-refractivity contribution < 1.29 is 14.3 Å². The standard InChI is InChI=1S/C21H21N5O3/c1-13-22-20(26-25-13)15-4-2-5-16(10-15)23-19(27)12-29-18-7-3-6-17(11-18)24-21(28)14-8-9-14/h2-7,10-11,14H,8-9,12H2,1H3,(H,23,27)(H,24,28)(H,22,25,26). The number of carbonyl (C=O) groups excluding carboxylic acids is 2. The van der Waals surface area contributed by atoms with Crippen LogP contribution in [0, 0.1) is 12.8 Å². The third-order valence-corrected chi connectivity index (χ3v) is 4.42. The van der Waals surface area contributed by atoms with Crippen LogP contribution in [0.4, 0.5) is 11.4 Å². The minimum atomic E-state index is -0.291. The lowest BCUT2D eigenvalue weighted by Crippen LogP contribution is -2.20. The smallest absolute Gasteiger partial charge is 0.262 e. The van der Waals surface area contributed by atoms with Gasteiger partial charge < -0.3 is 15.4 Å². The van der Waals surface area contributed by atoms with Crippen molar-refractivity contribution in [3.8, 4) is 17.1 Å². The average molecular weight is 391 g/mol. The van der Waals surface area contributed by atoms with Crippen LogP contribution in [0.15, 0.2) is 48.5 Å². The van der Waals surface area contributed by atoms with Crippen molar-refractivity contribution in [1.29, 1.82) is 0 Å². The number of nitrogens with one attached hydrogen (secondary N) is 3. The Hall–Kier alpha value is -3.68. The zero-order valence-electron chi connectivity index (χ0n) is 15.9. The van der Waals surface area contributed by atoms with Gasteiger partial charge in [-0.15, -0.1) is 0 Å². The molecule has 0 bridgehead atoms. The Morgan fingerprint density at radius 3 is 2.59 bits per heavy atom. The maximum Gasteiger partial charge on any atom is 0.262 e. The molecule has 0 saturated heterocycles. The fraction of sp³-hybridized carbons (Fsp3) is 0.238. The van der Waals surface area contributed by atoms with Gasteiger partial charge >= 0.3 is 0 Å². The average Bonchev–Trinajstić information content (AvgIpc) is 3.48. The molecule has 3 aromatic rings. The number of carbonyl (C=O) groups is 2. The molecule has 1 heterocycles. The van der Waals surface area contributed by atoms with Crippen LogP contribution in [0.5, 0.6) is 5.75 Å². The van der Waals surface area contributed by atoms with E-state index in [1.54, 1.807) is 36.4 Å². The van der Waals surface area contributed by atoms with Gasteiger partial charge in [-0.05, 0) is 44.0 Å². The summed E-state index contributed by atoms with van der Waals surface area (Å²) >= 11 is 0. The van der Waals surface area contributed by atoms with Crippen LogP contribution in [0.2, 0.25) is 0 Å². The molecule has 0 unspecified atom stereocenters. The molecule has 0 atom stereocenters. The van der Waals surface area contributed by atoms with E-state index in [4.69, 9.17) is 4.74 Å². The molecule has 2 amide bonds. The number of ether oxygens (including phenoxy) is 1. The summed E-state index contributed by atoms with van der Waals surface area (Å²) in [4.78, 5) is 28.4. The minimum Gasteiger partial charge on any atom is -0.484 e. The molecule has 2 aromatic carbocycles. The predicted molar refractivity (Wildman–Crippen MR) is 108 cm³/mol. The Labute approximate surface area is 167 Å². The summed E-state index contributed by atoms with van der Waals surface area (Å²) in [5.74, 6) is 1.67. The number of hydrogen-bond acceptors (Lipinski definition) is 5. The van der Waals surface area contributed by atoms with Crippen LogP contribution in [0.3, 0.4) is 0 Å². The van der Waals surface area contributed by atoms with Crippen LogP contribution >= 0.6 is 0 Å². The van der Waals surface area contributed by atoms with Crippen LogP contribution in [-0.2, 0) is 9.59 Å². The first-order valence-corrected chi connectivity index (χ1v) is 9.40. The summed E-state index contributed by atoms with van der Waals surface area (Å²) in [5, 5.41) is 12.6. The van der Waals surface area contributed by atoms with Gasteiger partial charge in [-0.3, -0.25) is 14.7 Å². The molecular formula is C21H21N5O3. The Morgan fingerprint density at radius 1 is 1.10 bits per heavy atom. The molecule has 1 fully saturated rings. The lowest BCUT2D eigenvalue weighted by atomic mass is 10.2. The van der Waals surface area contributed by atoms with Crippen molar-refractivity contribution in [2.24, 2.45) is 5.92 Å². The first-order valence-electron chi connectivity index (χ1n) is 9.40. The molecule has 3 N–H and O–H groups in total. The maximum atomic E-state index is 12.3. The lowest BCUT2D eigenvalue weighted by molar-refractivity contribution is -0.118. The van der Waals surface area contributed by atoms with Crippen molar-refractivity contribution in [3.63, 3.8) is 0 Å². The van der Waals surface area contributed by atoms with E-state index in [1.165, 1.54) is 0 Å². The minimum absolute atomic E-state index is 0.0290. The lowest BCUT2D eigenvalue weighted by Gasteiger charge is -2.10. The number of aromatic nitrogens is 3. The van der Waals surface area contributed by atoms with Crippen molar-refractivity contribution in [3.05, 3.63) is 54.4 Å². The highest BCUT2D eigenvalue weighted by atomic mass is 16.5. The third kappa shape index (κ3) is 4.98. The Balaban J connectivity index is 1.33. The van der Waals surface area contributed by atoms with Crippen LogP contribution in [0.25, 0.3) is 11.4 Å². The molecule has 29 heavy (non-hydrogen) atoms. The predicted octanol–water partition coefficient (Wildman–Crippen LogP) is 3.15. The largest absolute Gasteiger partial charge is 0.484 e. The molecule has 0 radical (unpaired) electrons. The van der Waals surface area contributed by atoms with Crippen molar-refractivity contribution >= 4 is 23.2 Å². The third-order valence-electron chi connectivity index (χ3n) is 4.42. The number of amides is 2. The van der Waals surface area contributed by atoms with Gasteiger partial charge in [0.05, 0.1) is 0 Å². The Bertz CT molecular complexity index is 1040. The van der Waals surface area contributed by atoms with Gasteiger partial charge in [-0.25, -0.2) is 4.98 Å². The van der Waals surface area contributed by atoms with Gasteiger partial charge in [-0.2, -0.15) is 5.10 Å². The molecule has 4 rings (SSSR count). The molecule has 8 nitrogen and oxygen atoms in total. The molecule has 1 aliphatic carbocycles. The molecule has 0 aliphatic heterocycles. The number of rotatable bonds is 7.